The van der Waals surface area contributed by atoms with Gasteiger partial charge in [0.15, 0.2) is 0 Å². The fraction of sp³-hybridized carbons (Fsp3) is 0.286. The van der Waals surface area contributed by atoms with Gasteiger partial charge in [0.2, 0.25) is 11.1 Å². The molecule has 0 spiro atoms. The van der Waals surface area contributed by atoms with Gasteiger partial charge >= 0.3 is 5.69 Å². The highest BCUT2D eigenvalue weighted by Crippen LogP contribution is 2.27. The van der Waals surface area contributed by atoms with Crippen LogP contribution in [-0.2, 0) is 13.0 Å². The molecular formula is C14H15ClN4O2. The Balaban J connectivity index is 2.30. The second-order valence-corrected chi connectivity index (χ2v) is 4.85. The van der Waals surface area contributed by atoms with Crippen LogP contribution in [0.15, 0.2) is 24.3 Å². The van der Waals surface area contributed by atoms with Crippen molar-refractivity contribution < 1.29 is 4.92 Å². The summed E-state index contributed by atoms with van der Waals surface area (Å²) in [5, 5.41) is 14.1. The summed E-state index contributed by atoms with van der Waals surface area (Å²) >= 11 is 5.78. The van der Waals surface area contributed by atoms with E-state index in [9.17, 15) is 10.1 Å². The molecule has 0 aliphatic rings. The third-order valence-electron chi connectivity index (χ3n) is 3.16. The number of hydrogen-bond donors (Lipinski definition) is 1. The minimum Gasteiger partial charge on any atom is -0.360 e. The van der Waals surface area contributed by atoms with E-state index in [0.29, 0.717) is 6.54 Å². The van der Waals surface area contributed by atoms with E-state index in [0.717, 1.165) is 12.0 Å². The molecule has 0 bridgehead atoms. The molecule has 2 aromatic rings. The molecule has 6 nitrogen and oxygen atoms in total. The van der Waals surface area contributed by atoms with Gasteiger partial charge in [-0.1, -0.05) is 31.2 Å². The van der Waals surface area contributed by atoms with Crippen molar-refractivity contribution in [2.45, 2.75) is 26.8 Å². The van der Waals surface area contributed by atoms with Gasteiger partial charge in [-0.15, -0.1) is 0 Å². The number of benzene rings is 1. The highest BCUT2D eigenvalue weighted by molar-refractivity contribution is 6.28. The van der Waals surface area contributed by atoms with E-state index < -0.39 is 4.92 Å². The number of hydrogen-bond acceptors (Lipinski definition) is 5. The number of nitro groups is 1. The van der Waals surface area contributed by atoms with E-state index in [-0.39, 0.29) is 22.5 Å². The molecule has 0 aliphatic carbocycles. The van der Waals surface area contributed by atoms with Gasteiger partial charge < -0.3 is 5.32 Å². The molecule has 0 atom stereocenters. The van der Waals surface area contributed by atoms with Gasteiger partial charge in [-0.05, 0) is 36.1 Å². The van der Waals surface area contributed by atoms with Gasteiger partial charge in [0.25, 0.3) is 0 Å². The Bertz CT molecular complexity index is 676. The first-order chi connectivity index (χ1) is 10.0. The maximum Gasteiger partial charge on any atom is 0.332 e. The summed E-state index contributed by atoms with van der Waals surface area (Å²) in [6.45, 7) is 4.04. The van der Waals surface area contributed by atoms with Crippen LogP contribution in [0.5, 0.6) is 0 Å². The summed E-state index contributed by atoms with van der Waals surface area (Å²) in [6.07, 6.45) is 0.892. The highest BCUT2D eigenvalue weighted by atomic mass is 35.5. The number of aryl methyl sites for hydroxylation is 2. The topological polar surface area (TPSA) is 81.0 Å². The molecule has 1 aromatic heterocycles. The molecule has 2 rings (SSSR count). The summed E-state index contributed by atoms with van der Waals surface area (Å²) in [5.41, 5.74) is 2.35. The van der Waals surface area contributed by atoms with Crippen molar-refractivity contribution in [1.82, 2.24) is 9.97 Å². The lowest BCUT2D eigenvalue weighted by molar-refractivity contribution is -0.385. The average molecular weight is 307 g/mol. The molecule has 0 unspecified atom stereocenters. The minimum atomic E-state index is -0.500. The van der Waals surface area contributed by atoms with Crippen LogP contribution in [0.4, 0.5) is 11.5 Å². The van der Waals surface area contributed by atoms with Gasteiger partial charge in [-0.2, -0.15) is 4.98 Å². The van der Waals surface area contributed by atoms with Crippen molar-refractivity contribution in [1.29, 1.82) is 0 Å². The number of aromatic nitrogens is 2. The summed E-state index contributed by atoms with van der Waals surface area (Å²) in [4.78, 5) is 18.4. The van der Waals surface area contributed by atoms with Crippen molar-refractivity contribution in [2.24, 2.45) is 0 Å². The van der Waals surface area contributed by atoms with Crippen molar-refractivity contribution in [2.75, 3.05) is 5.32 Å². The number of nitrogens with one attached hydrogen (secondary N) is 1. The lowest BCUT2D eigenvalue weighted by atomic mass is 10.1. The molecule has 0 saturated heterocycles. The van der Waals surface area contributed by atoms with Crippen LogP contribution in [0, 0.1) is 17.0 Å². The minimum absolute atomic E-state index is 0.00984. The zero-order chi connectivity index (χ0) is 15.4. The third kappa shape index (κ3) is 3.46. The smallest absolute Gasteiger partial charge is 0.332 e. The summed E-state index contributed by atoms with van der Waals surface area (Å²) in [7, 11) is 0. The van der Waals surface area contributed by atoms with E-state index in [2.05, 4.69) is 22.2 Å². The first-order valence-electron chi connectivity index (χ1n) is 6.52. The van der Waals surface area contributed by atoms with Crippen molar-refractivity contribution in [3.63, 3.8) is 0 Å². The Morgan fingerprint density at radius 1 is 1.29 bits per heavy atom. The molecule has 0 fully saturated rings. The molecule has 1 aromatic carbocycles. The lowest BCUT2D eigenvalue weighted by Gasteiger charge is -2.10. The summed E-state index contributed by atoms with van der Waals surface area (Å²) in [5.74, 6) is 0.142. The van der Waals surface area contributed by atoms with Crippen LogP contribution in [0.3, 0.4) is 0 Å². The van der Waals surface area contributed by atoms with Crippen LogP contribution in [-0.4, -0.2) is 14.9 Å². The maximum atomic E-state index is 11.1. The number of anilines is 1. The molecule has 7 heteroatoms. The fourth-order valence-corrected chi connectivity index (χ4v) is 2.34. The van der Waals surface area contributed by atoms with Gasteiger partial charge in [0.05, 0.1) is 4.92 Å². The van der Waals surface area contributed by atoms with Crippen molar-refractivity contribution in [3.8, 4) is 0 Å². The fourth-order valence-electron chi connectivity index (χ4n) is 2.13. The monoisotopic (exact) mass is 306 g/mol. The van der Waals surface area contributed by atoms with Gasteiger partial charge in [-0.25, -0.2) is 4.98 Å². The quantitative estimate of drug-likeness (QED) is 0.519. The average Bonchev–Trinajstić information content (AvgIpc) is 2.44. The molecule has 0 amide bonds. The second-order valence-electron chi connectivity index (χ2n) is 4.51. The molecule has 0 saturated carbocycles. The Morgan fingerprint density at radius 3 is 2.57 bits per heavy atom. The first-order valence-corrected chi connectivity index (χ1v) is 6.90. The van der Waals surface area contributed by atoms with E-state index in [4.69, 9.17) is 11.6 Å². The summed E-state index contributed by atoms with van der Waals surface area (Å²) < 4.78 is 0. The zero-order valence-corrected chi connectivity index (χ0v) is 12.5. The van der Waals surface area contributed by atoms with E-state index in [1.54, 1.807) is 0 Å². The Morgan fingerprint density at radius 2 is 1.95 bits per heavy atom. The molecule has 1 heterocycles. The van der Waals surface area contributed by atoms with Crippen molar-refractivity contribution >= 4 is 23.1 Å². The zero-order valence-electron chi connectivity index (χ0n) is 11.8. The molecular weight excluding hydrogens is 292 g/mol. The van der Waals surface area contributed by atoms with Crippen LogP contribution >= 0.6 is 11.6 Å². The van der Waals surface area contributed by atoms with Gasteiger partial charge in [0, 0.05) is 6.54 Å². The van der Waals surface area contributed by atoms with Gasteiger partial charge in [0.1, 0.15) is 5.69 Å². The number of rotatable bonds is 5. The predicted molar refractivity (Wildman–Crippen MR) is 81.6 cm³/mol. The van der Waals surface area contributed by atoms with Crippen molar-refractivity contribution in [3.05, 3.63) is 56.5 Å². The van der Waals surface area contributed by atoms with Gasteiger partial charge in [-0.3, -0.25) is 10.1 Å². The van der Waals surface area contributed by atoms with E-state index >= 15 is 0 Å². The third-order valence-corrected chi connectivity index (χ3v) is 3.33. The van der Waals surface area contributed by atoms with Crippen LogP contribution in [0.25, 0.3) is 0 Å². The molecule has 110 valence electrons. The van der Waals surface area contributed by atoms with E-state index in [1.165, 1.54) is 12.5 Å². The first kappa shape index (κ1) is 15.2. The Kier molecular flexibility index (Phi) is 4.70. The normalized spacial score (nSPS) is 10.4. The van der Waals surface area contributed by atoms with E-state index in [1.807, 2.05) is 24.3 Å². The second kappa shape index (κ2) is 6.49. The molecule has 1 N–H and O–H groups in total. The Hall–Kier alpha value is -2.21. The molecule has 21 heavy (non-hydrogen) atoms. The Labute approximate surface area is 127 Å². The highest BCUT2D eigenvalue weighted by Gasteiger charge is 2.21. The number of halogens is 1. The largest absolute Gasteiger partial charge is 0.360 e. The lowest BCUT2D eigenvalue weighted by Crippen LogP contribution is -2.08. The maximum absolute atomic E-state index is 11.1. The molecule has 0 radical (unpaired) electrons. The number of nitrogens with zero attached hydrogens (tertiary/aromatic N) is 3. The standard InChI is InChI=1S/C14H15ClN4O2/c1-3-10-6-4-5-7-11(10)8-16-13-12(19(20)21)9(2)17-14(15)18-13/h4-7H,3,8H2,1-2H3,(H,16,17,18). The molecule has 0 aliphatic heterocycles. The SMILES string of the molecule is CCc1ccccc1CNc1nc(Cl)nc(C)c1[N+](=O)[O-]. The summed E-state index contributed by atoms with van der Waals surface area (Å²) in [6, 6.07) is 7.91. The van der Waals surface area contributed by atoms with Crippen LogP contribution < -0.4 is 5.32 Å². The predicted octanol–water partition coefficient (Wildman–Crippen LogP) is 3.52. The van der Waals surface area contributed by atoms with Crippen LogP contribution in [0.2, 0.25) is 5.28 Å². The van der Waals surface area contributed by atoms with Crippen LogP contribution in [0.1, 0.15) is 23.7 Å².